The Hall–Kier alpha value is -1.74. The van der Waals surface area contributed by atoms with E-state index in [9.17, 15) is 9.90 Å². The fraction of sp³-hybridized carbons (Fsp3) is 0.235. The Morgan fingerprint density at radius 3 is 2.40 bits per heavy atom. The molecule has 0 amide bonds. The van der Waals surface area contributed by atoms with Crippen LogP contribution < -0.4 is 0 Å². The lowest BCUT2D eigenvalue weighted by atomic mass is 9.96. The molecule has 20 heavy (non-hydrogen) atoms. The first kappa shape index (κ1) is 14.7. The minimum atomic E-state index is -0.885. The van der Waals surface area contributed by atoms with E-state index in [2.05, 4.69) is 13.8 Å². The van der Waals surface area contributed by atoms with Crippen molar-refractivity contribution in [3.05, 3.63) is 53.6 Å². The van der Waals surface area contributed by atoms with Gasteiger partial charge in [-0.3, -0.25) is 0 Å². The lowest BCUT2D eigenvalue weighted by Crippen LogP contribution is -2.01. The topological polar surface area (TPSA) is 37.3 Å². The van der Waals surface area contributed by atoms with Gasteiger partial charge < -0.3 is 5.11 Å². The Kier molecular flexibility index (Phi) is 4.50. The molecule has 2 aromatic rings. The van der Waals surface area contributed by atoms with Gasteiger partial charge in [-0.1, -0.05) is 38.1 Å². The van der Waals surface area contributed by atoms with E-state index in [-0.39, 0.29) is 0 Å². The van der Waals surface area contributed by atoms with Crippen LogP contribution in [0.3, 0.4) is 0 Å². The standard InChI is InChI=1S/C17H18O2S/c1-11(2)20-13-8-9-15(17(18)19)16(10-13)14-7-5-4-6-12(14)3/h4-11H,1-3H3,(H,18,19). The van der Waals surface area contributed by atoms with E-state index in [0.29, 0.717) is 10.8 Å². The largest absolute Gasteiger partial charge is 0.478 e. The molecule has 0 saturated heterocycles. The predicted molar refractivity (Wildman–Crippen MR) is 84.6 cm³/mol. The van der Waals surface area contributed by atoms with E-state index in [1.807, 2.05) is 43.3 Å². The van der Waals surface area contributed by atoms with Gasteiger partial charge in [-0.05, 0) is 41.8 Å². The third-order valence-electron chi connectivity index (χ3n) is 3.03. The smallest absolute Gasteiger partial charge is 0.336 e. The Morgan fingerprint density at radius 2 is 1.80 bits per heavy atom. The Bertz CT molecular complexity index is 633. The fourth-order valence-electron chi connectivity index (χ4n) is 2.15. The molecule has 0 saturated carbocycles. The van der Waals surface area contributed by atoms with E-state index in [0.717, 1.165) is 21.6 Å². The van der Waals surface area contributed by atoms with Crippen LogP contribution in [0.2, 0.25) is 0 Å². The Morgan fingerprint density at radius 1 is 1.10 bits per heavy atom. The van der Waals surface area contributed by atoms with Crippen LogP contribution in [-0.2, 0) is 0 Å². The van der Waals surface area contributed by atoms with Gasteiger partial charge in [0.05, 0.1) is 5.56 Å². The van der Waals surface area contributed by atoms with E-state index in [1.165, 1.54) is 0 Å². The van der Waals surface area contributed by atoms with Gasteiger partial charge in [0.1, 0.15) is 0 Å². The number of benzene rings is 2. The molecule has 2 aromatic carbocycles. The van der Waals surface area contributed by atoms with E-state index < -0.39 is 5.97 Å². The zero-order valence-corrected chi connectivity index (χ0v) is 12.7. The van der Waals surface area contributed by atoms with E-state index >= 15 is 0 Å². The van der Waals surface area contributed by atoms with Crippen molar-refractivity contribution in [3.8, 4) is 11.1 Å². The number of thioether (sulfide) groups is 1. The van der Waals surface area contributed by atoms with Gasteiger partial charge in [-0.2, -0.15) is 0 Å². The minimum Gasteiger partial charge on any atom is -0.478 e. The molecular weight excluding hydrogens is 268 g/mol. The lowest BCUT2D eigenvalue weighted by Gasteiger charge is -2.12. The Balaban J connectivity index is 2.58. The molecule has 104 valence electrons. The van der Waals surface area contributed by atoms with Gasteiger partial charge in [0.25, 0.3) is 0 Å². The molecule has 0 atom stereocenters. The molecule has 0 spiro atoms. The summed E-state index contributed by atoms with van der Waals surface area (Å²) in [5, 5.41) is 9.85. The molecule has 0 fully saturated rings. The second-order valence-corrected chi connectivity index (χ2v) is 6.64. The van der Waals surface area contributed by atoms with Crippen LogP contribution in [0.15, 0.2) is 47.4 Å². The van der Waals surface area contributed by atoms with Crippen molar-refractivity contribution < 1.29 is 9.90 Å². The lowest BCUT2D eigenvalue weighted by molar-refractivity contribution is 0.0697. The summed E-state index contributed by atoms with van der Waals surface area (Å²) in [5.74, 6) is -0.885. The maximum atomic E-state index is 11.4. The average molecular weight is 286 g/mol. The molecular formula is C17H18O2S. The maximum Gasteiger partial charge on any atom is 0.336 e. The molecule has 0 aliphatic carbocycles. The highest BCUT2D eigenvalue weighted by molar-refractivity contribution is 7.99. The normalized spacial score (nSPS) is 10.8. The SMILES string of the molecule is Cc1ccccc1-c1cc(SC(C)C)ccc1C(=O)O. The third-order valence-corrected chi connectivity index (χ3v) is 4.03. The summed E-state index contributed by atoms with van der Waals surface area (Å²) in [6.45, 7) is 6.26. The summed E-state index contributed by atoms with van der Waals surface area (Å²) in [5.41, 5.74) is 3.21. The number of aromatic carboxylic acids is 1. The molecule has 2 rings (SSSR count). The number of hydrogen-bond acceptors (Lipinski definition) is 2. The van der Waals surface area contributed by atoms with Crippen molar-refractivity contribution in [2.75, 3.05) is 0 Å². The summed E-state index contributed by atoms with van der Waals surface area (Å²) in [6.07, 6.45) is 0. The molecule has 0 aliphatic heterocycles. The zero-order valence-electron chi connectivity index (χ0n) is 11.9. The van der Waals surface area contributed by atoms with Crippen molar-refractivity contribution in [2.45, 2.75) is 30.9 Å². The van der Waals surface area contributed by atoms with Crippen molar-refractivity contribution >= 4 is 17.7 Å². The summed E-state index contributed by atoms with van der Waals surface area (Å²) in [4.78, 5) is 12.5. The van der Waals surface area contributed by atoms with Crippen molar-refractivity contribution in [2.24, 2.45) is 0 Å². The number of carbonyl (C=O) groups is 1. The number of aryl methyl sites for hydroxylation is 1. The summed E-state index contributed by atoms with van der Waals surface area (Å²) >= 11 is 1.74. The second-order valence-electron chi connectivity index (χ2n) is 4.99. The van der Waals surface area contributed by atoms with Gasteiger partial charge in [0, 0.05) is 10.1 Å². The highest BCUT2D eigenvalue weighted by Crippen LogP contribution is 2.32. The first-order chi connectivity index (χ1) is 9.49. The Labute approximate surface area is 123 Å². The number of carboxylic acid groups (broad SMARTS) is 1. The first-order valence-corrected chi connectivity index (χ1v) is 7.47. The predicted octanol–water partition coefficient (Wildman–Crippen LogP) is 4.86. The molecule has 1 N–H and O–H groups in total. The fourth-order valence-corrected chi connectivity index (χ4v) is 3.03. The molecule has 3 heteroatoms. The molecule has 0 unspecified atom stereocenters. The van der Waals surface area contributed by atoms with E-state index in [1.54, 1.807) is 17.8 Å². The zero-order chi connectivity index (χ0) is 14.7. The number of hydrogen-bond donors (Lipinski definition) is 1. The third kappa shape index (κ3) is 3.23. The second kappa shape index (κ2) is 6.14. The van der Waals surface area contributed by atoms with Crippen LogP contribution in [0.4, 0.5) is 0 Å². The van der Waals surface area contributed by atoms with Crippen LogP contribution in [-0.4, -0.2) is 16.3 Å². The molecule has 0 radical (unpaired) electrons. The van der Waals surface area contributed by atoms with Crippen molar-refractivity contribution in [1.29, 1.82) is 0 Å². The van der Waals surface area contributed by atoms with Gasteiger partial charge in [0.2, 0.25) is 0 Å². The molecule has 2 nitrogen and oxygen atoms in total. The summed E-state index contributed by atoms with van der Waals surface area (Å²) in [7, 11) is 0. The molecule has 0 heterocycles. The van der Waals surface area contributed by atoms with Gasteiger partial charge in [0.15, 0.2) is 0 Å². The average Bonchev–Trinajstić information content (AvgIpc) is 2.38. The molecule has 0 aliphatic rings. The van der Waals surface area contributed by atoms with Crippen LogP contribution in [0.1, 0.15) is 29.8 Å². The van der Waals surface area contributed by atoms with Crippen molar-refractivity contribution in [3.63, 3.8) is 0 Å². The highest BCUT2D eigenvalue weighted by Gasteiger charge is 2.14. The highest BCUT2D eigenvalue weighted by atomic mass is 32.2. The van der Waals surface area contributed by atoms with Crippen LogP contribution in [0.25, 0.3) is 11.1 Å². The number of rotatable bonds is 4. The quantitative estimate of drug-likeness (QED) is 0.815. The first-order valence-electron chi connectivity index (χ1n) is 6.59. The summed E-state index contributed by atoms with van der Waals surface area (Å²) < 4.78 is 0. The minimum absolute atomic E-state index is 0.354. The van der Waals surface area contributed by atoms with Crippen LogP contribution >= 0.6 is 11.8 Å². The van der Waals surface area contributed by atoms with Gasteiger partial charge >= 0.3 is 5.97 Å². The summed E-state index contributed by atoms with van der Waals surface area (Å²) in [6, 6.07) is 13.5. The monoisotopic (exact) mass is 286 g/mol. The number of carboxylic acids is 1. The van der Waals surface area contributed by atoms with Crippen molar-refractivity contribution in [1.82, 2.24) is 0 Å². The molecule has 0 bridgehead atoms. The van der Waals surface area contributed by atoms with Gasteiger partial charge in [-0.15, -0.1) is 11.8 Å². The van der Waals surface area contributed by atoms with E-state index in [4.69, 9.17) is 0 Å². The van der Waals surface area contributed by atoms with Crippen LogP contribution in [0.5, 0.6) is 0 Å². The molecule has 0 aromatic heterocycles. The maximum absolute atomic E-state index is 11.4. The van der Waals surface area contributed by atoms with Gasteiger partial charge in [-0.25, -0.2) is 4.79 Å². The van der Waals surface area contributed by atoms with Crippen LogP contribution in [0, 0.1) is 6.92 Å².